The molecule has 0 bridgehead atoms. The van der Waals surface area contributed by atoms with Crippen LogP contribution in [0.2, 0.25) is 0 Å². The molecule has 0 aromatic heterocycles. The van der Waals surface area contributed by atoms with Gasteiger partial charge in [-0.25, -0.2) is 0 Å². The second kappa shape index (κ2) is 3.93. The van der Waals surface area contributed by atoms with Gasteiger partial charge in [0.15, 0.2) is 0 Å². The Morgan fingerprint density at radius 2 is 1.67 bits per heavy atom. The zero-order chi connectivity index (χ0) is 11.6. The van der Waals surface area contributed by atoms with Crippen molar-refractivity contribution in [2.24, 2.45) is 0 Å². The minimum atomic E-state index is -1.11. The van der Waals surface area contributed by atoms with E-state index in [4.69, 9.17) is 0 Å². The zero-order valence-electron chi connectivity index (χ0n) is 9.55. The average molecular weight is 206 g/mol. The van der Waals surface area contributed by atoms with E-state index < -0.39 is 11.5 Å². The van der Waals surface area contributed by atoms with Crippen molar-refractivity contribution in [2.75, 3.05) is 5.32 Å². The topological polar surface area (TPSA) is 52.2 Å². The van der Waals surface area contributed by atoms with Crippen molar-refractivity contribution in [3.8, 4) is 0 Å². The Morgan fingerprint density at radius 3 is 2.07 bits per heavy atom. The maximum Gasteiger partial charge on any atom is 0.0713 e. The lowest BCUT2D eigenvalue weighted by atomic mass is 10.0. The molecule has 3 nitrogen and oxygen atoms in total. The number of hydrogen-bond acceptors (Lipinski definition) is 3. The van der Waals surface area contributed by atoms with E-state index in [0.29, 0.717) is 0 Å². The Morgan fingerprint density at radius 1 is 1.20 bits per heavy atom. The van der Waals surface area contributed by atoms with E-state index in [-0.39, 0.29) is 0 Å². The predicted octanol–water partition coefficient (Wildman–Crippen LogP) is 1.24. The summed E-state index contributed by atoms with van der Waals surface area (Å²) in [5, 5.41) is 13.8. The first-order chi connectivity index (χ1) is 6.81. The molecule has 1 N–H and O–H groups in total. The molecule has 0 aliphatic rings. The van der Waals surface area contributed by atoms with Crippen LogP contribution in [0.15, 0.2) is 18.2 Å². The molecular weight excluding hydrogens is 190 g/mol. The molecule has 0 unspecified atom stereocenters. The largest absolute Gasteiger partial charge is 0.548 e. The SMILES string of the molecule is Cc1cc(C)cc(NC(C)(C)C(=O)[O-])c1. The van der Waals surface area contributed by atoms with E-state index in [1.54, 1.807) is 13.8 Å². The van der Waals surface area contributed by atoms with Gasteiger partial charge >= 0.3 is 0 Å². The Hall–Kier alpha value is -1.51. The summed E-state index contributed by atoms with van der Waals surface area (Å²) in [6.45, 7) is 7.12. The molecule has 0 atom stereocenters. The fourth-order valence-electron chi connectivity index (χ4n) is 1.46. The van der Waals surface area contributed by atoms with Crippen LogP contribution in [0, 0.1) is 13.8 Å². The lowest BCUT2D eigenvalue weighted by Crippen LogP contribution is -2.49. The molecule has 3 heteroatoms. The van der Waals surface area contributed by atoms with Crippen molar-refractivity contribution in [1.29, 1.82) is 0 Å². The summed E-state index contributed by atoms with van der Waals surface area (Å²) in [7, 11) is 0. The number of hydrogen-bond donors (Lipinski definition) is 1. The molecule has 0 heterocycles. The van der Waals surface area contributed by atoms with E-state index in [0.717, 1.165) is 16.8 Å². The highest BCUT2D eigenvalue weighted by molar-refractivity contribution is 5.79. The molecule has 0 radical (unpaired) electrons. The van der Waals surface area contributed by atoms with Gasteiger partial charge in [0, 0.05) is 5.69 Å². The van der Waals surface area contributed by atoms with Crippen molar-refractivity contribution in [3.05, 3.63) is 29.3 Å². The van der Waals surface area contributed by atoms with Gasteiger partial charge in [0.1, 0.15) is 0 Å². The first-order valence-electron chi connectivity index (χ1n) is 4.89. The summed E-state index contributed by atoms with van der Waals surface area (Å²) in [6.07, 6.45) is 0. The zero-order valence-corrected chi connectivity index (χ0v) is 9.55. The number of rotatable bonds is 3. The van der Waals surface area contributed by atoms with Gasteiger partial charge in [0.2, 0.25) is 0 Å². The van der Waals surface area contributed by atoms with Gasteiger partial charge in [0.25, 0.3) is 0 Å². The van der Waals surface area contributed by atoms with Crippen LogP contribution in [-0.2, 0) is 4.79 Å². The first kappa shape index (κ1) is 11.6. The molecule has 15 heavy (non-hydrogen) atoms. The highest BCUT2D eigenvalue weighted by Gasteiger charge is 2.18. The Bertz CT molecular complexity index is 363. The van der Waals surface area contributed by atoms with Gasteiger partial charge in [-0.3, -0.25) is 0 Å². The van der Waals surface area contributed by atoms with Crippen LogP contribution >= 0.6 is 0 Å². The van der Waals surface area contributed by atoms with Crippen molar-refractivity contribution in [1.82, 2.24) is 0 Å². The van der Waals surface area contributed by atoms with Gasteiger partial charge in [0.05, 0.1) is 11.5 Å². The third-order valence-corrected chi connectivity index (χ3v) is 2.19. The third kappa shape index (κ3) is 2.98. The van der Waals surface area contributed by atoms with Crippen molar-refractivity contribution in [2.45, 2.75) is 33.2 Å². The van der Waals surface area contributed by atoms with Crippen LogP contribution in [-0.4, -0.2) is 11.5 Å². The number of carbonyl (C=O) groups excluding carboxylic acids is 1. The summed E-state index contributed by atoms with van der Waals surface area (Å²) in [5.41, 5.74) is 1.96. The highest BCUT2D eigenvalue weighted by atomic mass is 16.4. The molecule has 1 aromatic rings. The van der Waals surface area contributed by atoms with Crippen molar-refractivity contribution in [3.63, 3.8) is 0 Å². The van der Waals surface area contributed by atoms with Gasteiger partial charge in [-0.15, -0.1) is 0 Å². The van der Waals surface area contributed by atoms with Crippen LogP contribution in [0.25, 0.3) is 0 Å². The third-order valence-electron chi connectivity index (χ3n) is 2.19. The Balaban J connectivity index is 2.94. The molecule has 0 saturated carbocycles. The molecule has 0 aliphatic carbocycles. The molecular formula is C12H16NO2-. The Kier molecular flexibility index (Phi) is 3.03. The van der Waals surface area contributed by atoms with Crippen LogP contribution in [0.4, 0.5) is 5.69 Å². The predicted molar refractivity (Wildman–Crippen MR) is 58.6 cm³/mol. The van der Waals surface area contributed by atoms with E-state index >= 15 is 0 Å². The lowest BCUT2D eigenvalue weighted by Gasteiger charge is -2.28. The molecule has 0 fully saturated rings. The molecule has 0 spiro atoms. The van der Waals surface area contributed by atoms with Crippen LogP contribution in [0.3, 0.4) is 0 Å². The quantitative estimate of drug-likeness (QED) is 0.809. The highest BCUT2D eigenvalue weighted by Crippen LogP contribution is 2.18. The summed E-state index contributed by atoms with van der Waals surface area (Å²) < 4.78 is 0. The fraction of sp³-hybridized carbons (Fsp3) is 0.417. The number of carbonyl (C=O) groups is 1. The normalized spacial score (nSPS) is 11.2. The summed E-state index contributed by atoms with van der Waals surface area (Å²) in [4.78, 5) is 10.8. The number of aliphatic carboxylic acids is 1. The number of anilines is 1. The molecule has 82 valence electrons. The Labute approximate surface area is 90.1 Å². The molecule has 0 aliphatic heterocycles. The van der Waals surface area contributed by atoms with E-state index in [9.17, 15) is 9.90 Å². The minimum Gasteiger partial charge on any atom is -0.548 e. The van der Waals surface area contributed by atoms with E-state index in [1.807, 2.05) is 32.0 Å². The smallest absolute Gasteiger partial charge is 0.0713 e. The number of nitrogens with one attached hydrogen (secondary N) is 1. The summed E-state index contributed by atoms with van der Waals surface area (Å²) in [5.74, 6) is -1.11. The second-order valence-corrected chi connectivity index (χ2v) is 4.41. The minimum absolute atomic E-state index is 0.807. The van der Waals surface area contributed by atoms with Crippen molar-refractivity contribution >= 4 is 11.7 Å². The molecule has 1 aromatic carbocycles. The van der Waals surface area contributed by atoms with Crippen LogP contribution in [0.5, 0.6) is 0 Å². The lowest BCUT2D eigenvalue weighted by molar-refractivity contribution is -0.310. The number of carboxylic acids is 1. The number of aryl methyl sites for hydroxylation is 2. The summed E-state index contributed by atoms with van der Waals surface area (Å²) >= 11 is 0. The molecule has 0 saturated heterocycles. The van der Waals surface area contributed by atoms with Crippen LogP contribution in [0.1, 0.15) is 25.0 Å². The number of benzene rings is 1. The molecule has 0 amide bonds. The van der Waals surface area contributed by atoms with Gasteiger partial charge < -0.3 is 15.2 Å². The second-order valence-electron chi connectivity index (χ2n) is 4.41. The van der Waals surface area contributed by atoms with Crippen LogP contribution < -0.4 is 10.4 Å². The monoisotopic (exact) mass is 206 g/mol. The van der Waals surface area contributed by atoms with Gasteiger partial charge in [-0.1, -0.05) is 6.07 Å². The van der Waals surface area contributed by atoms with E-state index in [2.05, 4.69) is 5.32 Å². The first-order valence-corrected chi connectivity index (χ1v) is 4.89. The number of carboxylic acid groups (broad SMARTS) is 1. The van der Waals surface area contributed by atoms with Gasteiger partial charge in [-0.05, 0) is 51.0 Å². The average Bonchev–Trinajstić information content (AvgIpc) is 1.99. The summed E-state index contributed by atoms with van der Waals surface area (Å²) in [6, 6.07) is 5.87. The van der Waals surface area contributed by atoms with E-state index in [1.165, 1.54) is 0 Å². The standard InChI is InChI=1S/C12H17NO2/c1-8-5-9(2)7-10(6-8)13-12(3,4)11(14)15/h5-7,13H,1-4H3,(H,14,15)/p-1. The molecule has 1 rings (SSSR count). The maximum absolute atomic E-state index is 10.8. The maximum atomic E-state index is 10.8. The van der Waals surface area contributed by atoms with Gasteiger partial charge in [-0.2, -0.15) is 0 Å². The van der Waals surface area contributed by atoms with Crippen molar-refractivity contribution < 1.29 is 9.90 Å². The fourth-order valence-corrected chi connectivity index (χ4v) is 1.46.